The molecule has 0 aromatic rings. The number of nitrogens with one attached hydrogen (secondary N) is 1. The molecular weight excluding hydrogens is 248 g/mol. The normalized spacial score (nSPS) is 32.1. The summed E-state index contributed by atoms with van der Waals surface area (Å²) in [4.78, 5) is 2.52. The topological polar surface area (TPSA) is 24.5 Å². The summed E-state index contributed by atoms with van der Waals surface area (Å²) in [5.74, 6) is 0.857. The summed E-state index contributed by atoms with van der Waals surface area (Å²) in [6.07, 6.45) is 9.87. The Bertz CT molecular complexity index is 289. The van der Waals surface area contributed by atoms with Crippen LogP contribution in [0.5, 0.6) is 0 Å². The van der Waals surface area contributed by atoms with Crippen LogP contribution in [0.2, 0.25) is 0 Å². The van der Waals surface area contributed by atoms with Gasteiger partial charge < -0.3 is 10.1 Å². The molecule has 1 N–H and O–H groups in total. The highest BCUT2D eigenvalue weighted by Gasteiger charge is 2.32. The molecule has 3 nitrogen and oxygen atoms in total. The van der Waals surface area contributed by atoms with E-state index < -0.39 is 0 Å². The Morgan fingerprint density at radius 3 is 2.90 bits per heavy atom. The van der Waals surface area contributed by atoms with E-state index in [9.17, 15) is 0 Å². The van der Waals surface area contributed by atoms with Crippen molar-refractivity contribution in [3.8, 4) is 0 Å². The van der Waals surface area contributed by atoms with Crippen LogP contribution in [0, 0.1) is 5.92 Å². The van der Waals surface area contributed by atoms with Crippen molar-refractivity contribution in [1.82, 2.24) is 10.2 Å². The van der Waals surface area contributed by atoms with E-state index in [4.69, 9.17) is 4.74 Å². The van der Waals surface area contributed by atoms with Gasteiger partial charge in [0.2, 0.25) is 0 Å². The molecule has 0 spiro atoms. The molecular formula is C17H32N2O. The van der Waals surface area contributed by atoms with Crippen molar-refractivity contribution in [1.29, 1.82) is 0 Å². The second-order valence-corrected chi connectivity index (χ2v) is 6.71. The Morgan fingerprint density at radius 2 is 2.20 bits per heavy atom. The maximum atomic E-state index is 5.39. The fourth-order valence-corrected chi connectivity index (χ4v) is 3.84. The molecule has 1 saturated heterocycles. The maximum Gasteiger partial charge on any atom is 0.0594 e. The van der Waals surface area contributed by atoms with Crippen molar-refractivity contribution in [3.63, 3.8) is 0 Å². The van der Waals surface area contributed by atoms with Crippen LogP contribution in [0.4, 0.5) is 0 Å². The molecule has 1 aliphatic heterocycles. The summed E-state index contributed by atoms with van der Waals surface area (Å²) in [6.45, 7) is 12.7. The second kappa shape index (κ2) is 8.16. The van der Waals surface area contributed by atoms with E-state index in [1.165, 1.54) is 38.6 Å². The predicted octanol–water partition coefficient (Wildman–Crippen LogP) is 2.82. The van der Waals surface area contributed by atoms with Crippen LogP contribution in [0.3, 0.4) is 0 Å². The van der Waals surface area contributed by atoms with E-state index >= 15 is 0 Å². The van der Waals surface area contributed by atoms with Gasteiger partial charge in [0, 0.05) is 18.6 Å². The molecule has 116 valence electrons. The van der Waals surface area contributed by atoms with Gasteiger partial charge in [-0.25, -0.2) is 0 Å². The van der Waals surface area contributed by atoms with Crippen LogP contribution < -0.4 is 5.32 Å². The van der Waals surface area contributed by atoms with E-state index in [0.29, 0.717) is 5.54 Å². The number of nitrogens with zero attached hydrogens (tertiary/aromatic N) is 1. The average molecular weight is 280 g/mol. The van der Waals surface area contributed by atoms with E-state index in [2.05, 4.69) is 29.8 Å². The third-order valence-corrected chi connectivity index (χ3v) is 4.88. The highest BCUT2D eigenvalue weighted by atomic mass is 16.5. The van der Waals surface area contributed by atoms with E-state index in [1.54, 1.807) is 0 Å². The molecule has 0 aromatic heterocycles. The molecule has 0 amide bonds. The summed E-state index contributed by atoms with van der Waals surface area (Å²) in [7, 11) is 0. The Balaban J connectivity index is 1.70. The van der Waals surface area contributed by atoms with Crippen molar-refractivity contribution in [3.05, 3.63) is 12.7 Å². The molecule has 2 rings (SSSR count). The van der Waals surface area contributed by atoms with Crippen molar-refractivity contribution in [2.45, 2.75) is 51.0 Å². The number of rotatable bonds is 7. The molecule has 1 heterocycles. The Morgan fingerprint density at radius 1 is 1.40 bits per heavy atom. The Labute approximate surface area is 124 Å². The first-order chi connectivity index (χ1) is 9.74. The van der Waals surface area contributed by atoms with Gasteiger partial charge >= 0.3 is 0 Å². The lowest BCUT2D eigenvalue weighted by molar-refractivity contribution is 0.0369. The molecule has 1 saturated carbocycles. The molecule has 2 aliphatic rings. The van der Waals surface area contributed by atoms with Crippen molar-refractivity contribution in [2.75, 3.05) is 39.4 Å². The zero-order chi connectivity index (χ0) is 14.3. The van der Waals surface area contributed by atoms with Gasteiger partial charge in [-0.2, -0.15) is 0 Å². The SMILES string of the molecule is C=CCC1(NCCCN2CCOCC2)CCCC(C)C1. The van der Waals surface area contributed by atoms with Gasteiger partial charge in [-0.15, -0.1) is 6.58 Å². The molecule has 2 atom stereocenters. The lowest BCUT2D eigenvalue weighted by Gasteiger charge is -2.41. The highest BCUT2D eigenvalue weighted by molar-refractivity contribution is 4.97. The van der Waals surface area contributed by atoms with Gasteiger partial charge in [0.25, 0.3) is 0 Å². The fraction of sp³-hybridized carbons (Fsp3) is 0.882. The lowest BCUT2D eigenvalue weighted by Crippen LogP contribution is -2.49. The molecule has 3 heteroatoms. The van der Waals surface area contributed by atoms with E-state index in [0.717, 1.165) is 45.2 Å². The quantitative estimate of drug-likeness (QED) is 0.573. The number of hydrogen-bond donors (Lipinski definition) is 1. The first-order valence-corrected chi connectivity index (χ1v) is 8.40. The van der Waals surface area contributed by atoms with Crippen LogP contribution >= 0.6 is 0 Å². The first-order valence-electron chi connectivity index (χ1n) is 8.40. The molecule has 2 fully saturated rings. The van der Waals surface area contributed by atoms with Gasteiger partial charge in [0.05, 0.1) is 13.2 Å². The summed E-state index contributed by atoms with van der Waals surface area (Å²) >= 11 is 0. The predicted molar refractivity (Wildman–Crippen MR) is 85.1 cm³/mol. The summed E-state index contributed by atoms with van der Waals surface area (Å²) in [5, 5.41) is 3.88. The summed E-state index contributed by atoms with van der Waals surface area (Å²) in [5.41, 5.74) is 0.338. The molecule has 20 heavy (non-hydrogen) atoms. The Hall–Kier alpha value is -0.380. The monoisotopic (exact) mass is 280 g/mol. The van der Waals surface area contributed by atoms with E-state index in [1.807, 2.05) is 0 Å². The average Bonchev–Trinajstić information content (AvgIpc) is 2.45. The largest absolute Gasteiger partial charge is 0.379 e. The number of morpholine rings is 1. The number of hydrogen-bond acceptors (Lipinski definition) is 3. The molecule has 2 unspecified atom stereocenters. The van der Waals surface area contributed by atoms with Crippen LogP contribution in [0.25, 0.3) is 0 Å². The van der Waals surface area contributed by atoms with Crippen molar-refractivity contribution in [2.24, 2.45) is 5.92 Å². The Kier molecular flexibility index (Phi) is 6.53. The second-order valence-electron chi connectivity index (χ2n) is 6.71. The van der Waals surface area contributed by atoms with Crippen LogP contribution in [0.1, 0.15) is 45.4 Å². The van der Waals surface area contributed by atoms with Gasteiger partial charge in [0.15, 0.2) is 0 Å². The minimum absolute atomic E-state index is 0.338. The molecule has 0 aromatic carbocycles. The van der Waals surface area contributed by atoms with Crippen LogP contribution in [-0.2, 0) is 4.74 Å². The molecule has 0 bridgehead atoms. The number of ether oxygens (including phenoxy) is 1. The summed E-state index contributed by atoms with van der Waals surface area (Å²) < 4.78 is 5.39. The summed E-state index contributed by atoms with van der Waals surface area (Å²) in [6, 6.07) is 0. The third kappa shape index (κ3) is 4.87. The van der Waals surface area contributed by atoms with Gasteiger partial charge in [-0.3, -0.25) is 4.90 Å². The maximum absolute atomic E-state index is 5.39. The first kappa shape index (κ1) is 16.0. The zero-order valence-corrected chi connectivity index (χ0v) is 13.2. The molecule has 0 radical (unpaired) electrons. The van der Waals surface area contributed by atoms with Gasteiger partial charge in [0.1, 0.15) is 0 Å². The highest BCUT2D eigenvalue weighted by Crippen LogP contribution is 2.34. The van der Waals surface area contributed by atoms with Crippen LogP contribution in [-0.4, -0.2) is 49.8 Å². The lowest BCUT2D eigenvalue weighted by atomic mass is 9.74. The smallest absolute Gasteiger partial charge is 0.0594 e. The van der Waals surface area contributed by atoms with Gasteiger partial charge in [-0.1, -0.05) is 25.8 Å². The fourth-order valence-electron chi connectivity index (χ4n) is 3.84. The van der Waals surface area contributed by atoms with Crippen molar-refractivity contribution < 1.29 is 4.74 Å². The third-order valence-electron chi connectivity index (χ3n) is 4.88. The minimum Gasteiger partial charge on any atom is -0.379 e. The molecule has 1 aliphatic carbocycles. The minimum atomic E-state index is 0.338. The standard InChI is InChI=1S/C17H32N2O/c1-3-7-17(8-4-6-16(2)15-17)18-9-5-10-19-11-13-20-14-12-19/h3,16,18H,1,4-15H2,2H3. The van der Waals surface area contributed by atoms with Crippen LogP contribution in [0.15, 0.2) is 12.7 Å². The van der Waals surface area contributed by atoms with Crippen molar-refractivity contribution >= 4 is 0 Å². The zero-order valence-electron chi connectivity index (χ0n) is 13.2. The van der Waals surface area contributed by atoms with E-state index in [-0.39, 0.29) is 0 Å². The van der Waals surface area contributed by atoms with Gasteiger partial charge in [-0.05, 0) is 44.7 Å².